The number of likely N-dealkylation sites (N-methyl/N-ethyl adjacent to an activating group) is 1. The van der Waals surface area contributed by atoms with Crippen molar-refractivity contribution >= 4 is 33.7 Å². The maximum absolute atomic E-state index is 13.8. The Bertz CT molecular complexity index is 1490. The third-order valence-corrected chi connectivity index (χ3v) is 10.3. The van der Waals surface area contributed by atoms with Crippen LogP contribution in [0.3, 0.4) is 0 Å². The Morgan fingerprint density at radius 2 is 1.66 bits per heavy atom. The van der Waals surface area contributed by atoms with Crippen molar-refractivity contribution in [2.75, 3.05) is 33.8 Å². The van der Waals surface area contributed by atoms with Crippen molar-refractivity contribution in [2.45, 2.75) is 89.7 Å². The molecule has 1 aliphatic heterocycles. The monoisotopic (exact) mass is 676 g/mol. The Balaban J connectivity index is 1.91. The van der Waals surface area contributed by atoms with E-state index >= 15 is 0 Å². The van der Waals surface area contributed by atoms with Gasteiger partial charge >= 0.3 is 0 Å². The van der Waals surface area contributed by atoms with Crippen LogP contribution in [0.1, 0.15) is 63.5 Å². The molecule has 0 spiro atoms. The summed E-state index contributed by atoms with van der Waals surface area (Å²) in [5.74, 6) is -1.04. The number of hydrogen-bond acceptors (Lipinski definition) is 9. The van der Waals surface area contributed by atoms with Gasteiger partial charge in [0.2, 0.25) is 33.7 Å². The molecule has 14 nitrogen and oxygen atoms in total. The number of carbonyl (C=O) groups is 4. The zero-order valence-corrected chi connectivity index (χ0v) is 29.1. The van der Waals surface area contributed by atoms with Gasteiger partial charge in [-0.3, -0.25) is 19.2 Å². The molecule has 0 bridgehead atoms. The number of nitrogens with one attached hydrogen (secondary N) is 3. The van der Waals surface area contributed by atoms with Crippen LogP contribution < -0.4 is 20.7 Å². The smallest absolute Gasteiger partial charge is 0.248 e. The second-order valence-corrected chi connectivity index (χ2v) is 14.2. The van der Waals surface area contributed by atoms with Crippen molar-refractivity contribution in [3.05, 3.63) is 41.3 Å². The topological polar surface area (TPSA) is 180 Å². The largest absolute Gasteiger partial charge is 0.497 e. The molecule has 3 N–H and O–H groups in total. The quantitative estimate of drug-likeness (QED) is 0.393. The van der Waals surface area contributed by atoms with E-state index in [4.69, 9.17) is 9.26 Å². The van der Waals surface area contributed by atoms with Gasteiger partial charge in [0, 0.05) is 39.5 Å². The fourth-order valence-electron chi connectivity index (χ4n) is 5.41. The molecule has 1 aliphatic rings. The SMILES string of the molecule is COc1ccc(C[C@@H]2NC(=O)[C@@H](CC(C)C)NC(=O)CCCN(S(=O)(=O)c3c(C)noc3C)CCCNC(=O)[C@H](C)N(C)C2=O)cc1. The van der Waals surface area contributed by atoms with Crippen molar-refractivity contribution in [1.29, 1.82) is 0 Å². The van der Waals surface area contributed by atoms with Gasteiger partial charge in [-0.2, -0.15) is 4.31 Å². The molecule has 1 aromatic heterocycles. The van der Waals surface area contributed by atoms with Gasteiger partial charge < -0.3 is 30.1 Å². The van der Waals surface area contributed by atoms with Crippen LogP contribution in [0, 0.1) is 19.8 Å². The molecule has 47 heavy (non-hydrogen) atoms. The molecular weight excluding hydrogens is 628 g/mol. The standard InChI is InChI=1S/C32H48N6O8S/c1-20(2)18-26-31(41)35-27(19-24-11-13-25(45-7)14-12-24)32(42)37(6)22(4)30(40)33-15-9-17-38(16-8-10-28(39)34-26)47(43,44)29-21(3)36-46-23(29)5/h11-14,20,22,26-27H,8-10,15-19H2,1-7H3,(H,33,40)(H,34,39)(H,35,41)/t22-,26+,27-/m0/s1. The average molecular weight is 677 g/mol. The number of benzene rings is 1. The number of amides is 4. The van der Waals surface area contributed by atoms with Crippen molar-refractivity contribution < 1.29 is 36.9 Å². The summed E-state index contributed by atoms with van der Waals surface area (Å²) >= 11 is 0. The Hall–Kier alpha value is -3.98. The third kappa shape index (κ3) is 10.0. The number of nitrogens with zero attached hydrogens (tertiary/aromatic N) is 3. The lowest BCUT2D eigenvalue weighted by atomic mass is 10.00. The van der Waals surface area contributed by atoms with Gasteiger partial charge in [-0.15, -0.1) is 0 Å². The third-order valence-electron chi connectivity index (χ3n) is 8.14. The fourth-order valence-corrected chi connectivity index (χ4v) is 7.21. The molecular formula is C32H48N6O8S. The van der Waals surface area contributed by atoms with E-state index in [1.807, 2.05) is 13.8 Å². The van der Waals surface area contributed by atoms with Crippen LogP contribution in [0.4, 0.5) is 0 Å². The Kier molecular flexibility index (Phi) is 13.3. The van der Waals surface area contributed by atoms with Crippen LogP contribution in [-0.2, 0) is 35.6 Å². The Morgan fingerprint density at radius 3 is 2.26 bits per heavy atom. The van der Waals surface area contributed by atoms with Crippen molar-refractivity contribution in [1.82, 2.24) is 30.3 Å². The molecule has 0 aliphatic carbocycles. The number of methoxy groups -OCH3 is 1. The highest BCUT2D eigenvalue weighted by molar-refractivity contribution is 7.89. The zero-order valence-electron chi connectivity index (χ0n) is 28.3. The molecule has 1 aromatic carbocycles. The van der Waals surface area contributed by atoms with E-state index in [-0.39, 0.29) is 67.6 Å². The summed E-state index contributed by atoms with van der Waals surface area (Å²) < 4.78 is 38.9. The van der Waals surface area contributed by atoms with E-state index in [1.165, 1.54) is 23.2 Å². The van der Waals surface area contributed by atoms with Crippen LogP contribution >= 0.6 is 0 Å². The molecule has 2 aromatic rings. The first-order chi connectivity index (χ1) is 22.1. The van der Waals surface area contributed by atoms with E-state index in [1.54, 1.807) is 45.2 Å². The molecule has 4 amide bonds. The summed E-state index contributed by atoms with van der Waals surface area (Å²) in [6.07, 6.45) is 0.864. The van der Waals surface area contributed by atoms with Gasteiger partial charge in [-0.05, 0) is 63.6 Å². The van der Waals surface area contributed by atoms with E-state index in [0.29, 0.717) is 12.2 Å². The second-order valence-electron chi connectivity index (χ2n) is 12.3. The Morgan fingerprint density at radius 1 is 1.00 bits per heavy atom. The molecule has 0 unspecified atom stereocenters. The summed E-state index contributed by atoms with van der Waals surface area (Å²) in [5.41, 5.74) is 0.986. The van der Waals surface area contributed by atoms with Crippen LogP contribution in [-0.4, -0.2) is 98.3 Å². The molecule has 260 valence electrons. The molecule has 3 rings (SSSR count). The maximum atomic E-state index is 13.8. The van der Waals surface area contributed by atoms with E-state index in [2.05, 4.69) is 21.1 Å². The van der Waals surface area contributed by atoms with Gasteiger partial charge in [0.05, 0.1) is 7.11 Å². The highest BCUT2D eigenvalue weighted by Gasteiger charge is 2.34. The van der Waals surface area contributed by atoms with Crippen molar-refractivity contribution in [3.63, 3.8) is 0 Å². The van der Waals surface area contributed by atoms with Crippen LogP contribution in [0.5, 0.6) is 5.75 Å². The van der Waals surface area contributed by atoms with Crippen LogP contribution in [0.2, 0.25) is 0 Å². The molecule has 1 fully saturated rings. The van der Waals surface area contributed by atoms with E-state index in [0.717, 1.165) is 5.56 Å². The first-order valence-corrected chi connectivity index (χ1v) is 17.3. The van der Waals surface area contributed by atoms with Crippen molar-refractivity contribution in [3.8, 4) is 5.75 Å². The molecule has 0 saturated carbocycles. The first kappa shape index (κ1) is 37.5. The lowest BCUT2D eigenvalue weighted by molar-refractivity contribution is -0.141. The Labute approximate surface area is 277 Å². The highest BCUT2D eigenvalue weighted by Crippen LogP contribution is 2.24. The summed E-state index contributed by atoms with van der Waals surface area (Å²) in [7, 11) is -0.991. The number of carbonyl (C=O) groups excluding carboxylic acids is 4. The van der Waals surface area contributed by atoms with Gasteiger partial charge in [0.1, 0.15) is 34.5 Å². The number of ether oxygens (including phenoxy) is 1. The number of rotatable bonds is 7. The average Bonchev–Trinajstić information content (AvgIpc) is 3.37. The van der Waals surface area contributed by atoms with Gasteiger partial charge in [0.15, 0.2) is 5.76 Å². The van der Waals surface area contributed by atoms with Gasteiger partial charge in [-0.1, -0.05) is 31.1 Å². The fraction of sp³-hybridized carbons (Fsp3) is 0.594. The number of aromatic nitrogens is 1. The van der Waals surface area contributed by atoms with Gasteiger partial charge in [0.25, 0.3) is 0 Å². The number of sulfonamides is 1. The lowest BCUT2D eigenvalue weighted by Gasteiger charge is -2.30. The highest BCUT2D eigenvalue weighted by atomic mass is 32.2. The zero-order chi connectivity index (χ0) is 34.9. The predicted octanol–water partition coefficient (Wildman–Crippen LogP) is 1.70. The predicted molar refractivity (Wildman–Crippen MR) is 174 cm³/mol. The minimum atomic E-state index is -4.03. The van der Waals surface area contributed by atoms with Gasteiger partial charge in [-0.25, -0.2) is 8.42 Å². The summed E-state index contributed by atoms with van der Waals surface area (Å²) in [6.45, 7) is 8.68. The minimum Gasteiger partial charge on any atom is -0.497 e. The summed E-state index contributed by atoms with van der Waals surface area (Å²) in [5, 5.41) is 12.2. The molecule has 3 atom stereocenters. The molecule has 15 heteroatoms. The second kappa shape index (κ2) is 16.7. The molecule has 1 saturated heterocycles. The normalized spacial score (nSPS) is 21.9. The molecule has 0 radical (unpaired) electrons. The number of hydrogen-bond donors (Lipinski definition) is 3. The lowest BCUT2D eigenvalue weighted by Crippen LogP contribution is -2.57. The van der Waals surface area contributed by atoms with Crippen molar-refractivity contribution in [2.24, 2.45) is 5.92 Å². The van der Waals surface area contributed by atoms with E-state index in [9.17, 15) is 27.6 Å². The number of aryl methyl sites for hydroxylation is 2. The first-order valence-electron chi connectivity index (χ1n) is 15.9. The van der Waals surface area contributed by atoms with Crippen LogP contribution in [0.25, 0.3) is 0 Å². The summed E-state index contributed by atoms with van der Waals surface area (Å²) in [4.78, 5) is 55.0. The minimum absolute atomic E-state index is 0.0202. The van der Waals surface area contributed by atoms with E-state index < -0.39 is 51.8 Å². The maximum Gasteiger partial charge on any atom is 0.248 e. The molecule has 2 heterocycles. The van der Waals surface area contributed by atoms with Crippen LogP contribution in [0.15, 0.2) is 33.7 Å². The summed E-state index contributed by atoms with van der Waals surface area (Å²) in [6, 6.07) is 4.23.